The van der Waals surface area contributed by atoms with Crippen LogP contribution in [0.3, 0.4) is 0 Å². The Morgan fingerprint density at radius 3 is 1.47 bits per heavy atom. The maximum absolute atomic E-state index is 14.0. The van der Waals surface area contributed by atoms with Crippen molar-refractivity contribution in [3.8, 4) is 35.1 Å². The molecule has 20 nitrogen and oxygen atoms in total. The number of aromatic nitrogens is 8. The van der Waals surface area contributed by atoms with Crippen LogP contribution in [0.15, 0.2) is 156 Å². The second kappa shape index (κ2) is 21.7. The quantitative estimate of drug-likeness (QED) is 0.104. The molecule has 6 heterocycles. The number of nitrogen functional groups attached to an aromatic ring is 2. The minimum absolute atomic E-state index is 0.0379. The lowest BCUT2D eigenvalue weighted by Crippen LogP contribution is -2.32. The Hall–Kier alpha value is -9.93. The Balaban J connectivity index is 0.000000187. The van der Waals surface area contributed by atoms with Gasteiger partial charge in [0.05, 0.1) is 42.2 Å². The van der Waals surface area contributed by atoms with E-state index >= 15 is 0 Å². The fourth-order valence-corrected chi connectivity index (χ4v) is 9.01. The van der Waals surface area contributed by atoms with E-state index in [1.165, 1.54) is 13.6 Å². The maximum atomic E-state index is 14.0. The Bertz CT molecular complexity index is 4260. The average Bonchev–Trinajstić information content (AvgIpc) is 3.97. The van der Waals surface area contributed by atoms with Crippen molar-refractivity contribution in [3.05, 3.63) is 200 Å². The molecule has 10 aromatic rings. The molecule has 0 bridgehead atoms. The van der Waals surface area contributed by atoms with Gasteiger partial charge >= 0.3 is 0 Å². The topological polar surface area (TPSA) is 287 Å². The molecule has 0 aliphatic rings. The van der Waals surface area contributed by atoms with Crippen molar-refractivity contribution in [1.29, 1.82) is 0 Å². The third-order valence-electron chi connectivity index (χ3n) is 12.0. The Kier molecular flexibility index (Phi) is 14.5. The summed E-state index contributed by atoms with van der Waals surface area (Å²) >= 11 is 0. The van der Waals surface area contributed by atoms with Crippen LogP contribution < -0.4 is 43.7 Å². The second-order valence-corrected chi connectivity index (χ2v) is 19.1. The van der Waals surface area contributed by atoms with Crippen LogP contribution in [-0.2, 0) is 10.0 Å². The third-order valence-corrected chi connectivity index (χ3v) is 12.7. The molecule has 0 saturated carbocycles. The molecule has 0 unspecified atom stereocenters. The van der Waals surface area contributed by atoms with E-state index in [1.54, 1.807) is 84.8 Å². The lowest BCUT2D eigenvalue weighted by atomic mass is 10.0. The number of hydrogen-bond donors (Lipinski definition) is 6. The number of carbonyl (C=O) groups is 2. The number of para-hydroxylation sites is 2. The largest absolute Gasteiger partial charge is 0.381 e. The first-order valence-corrected chi connectivity index (χ1v) is 25.4. The zero-order valence-corrected chi connectivity index (χ0v) is 41.9. The summed E-state index contributed by atoms with van der Waals surface area (Å²) < 4.78 is 31.1. The van der Waals surface area contributed by atoms with E-state index in [-0.39, 0.29) is 47.0 Å². The van der Waals surface area contributed by atoms with Gasteiger partial charge in [-0.25, -0.2) is 32.1 Å². The lowest BCUT2D eigenvalue weighted by molar-refractivity contribution is 0.0932. The summed E-state index contributed by atoms with van der Waals surface area (Å²) in [4.78, 5) is 63.0. The normalized spacial score (nSPS) is 11.9. The van der Waals surface area contributed by atoms with Crippen LogP contribution in [0, 0.1) is 23.7 Å². The molecule has 6 aromatic heterocycles. The molecule has 4 aromatic carbocycles. The van der Waals surface area contributed by atoms with Crippen molar-refractivity contribution in [2.75, 3.05) is 30.8 Å². The minimum atomic E-state index is -3.40. The summed E-state index contributed by atoms with van der Waals surface area (Å²) in [5.74, 6) is 10.7. The number of nitrogens with two attached hydrogens (primary N) is 3. The fourth-order valence-electron chi connectivity index (χ4n) is 8.68. The number of carbonyl (C=O) groups excluding carboxylic acids is 2. The molecule has 380 valence electrons. The summed E-state index contributed by atoms with van der Waals surface area (Å²) in [6, 6.07) is 35.0. The number of nitrogens with one attached hydrogen (secondary N) is 3. The van der Waals surface area contributed by atoms with Gasteiger partial charge in [0.2, 0.25) is 10.0 Å². The van der Waals surface area contributed by atoms with E-state index in [0.717, 1.165) is 6.26 Å². The molecule has 0 radical (unpaired) electrons. The van der Waals surface area contributed by atoms with E-state index in [2.05, 4.69) is 59.2 Å². The summed E-state index contributed by atoms with van der Waals surface area (Å²) in [5, 5.41) is 16.4. The molecule has 9 N–H and O–H groups in total. The SMILES string of the molecule is C[C@H](NC(=O)c1c(N)nn2cccnc12)c1cc2cccc(C#CCN)c2c(=O)n1-c1ccccc1.C[C@H](NC(=O)c1c(N)nn2cccnc12)c1cc2cccc(C#CCNS(C)(=O)=O)c2c(=O)n1-c1ccccc1. The van der Waals surface area contributed by atoms with Gasteiger partial charge in [0.25, 0.3) is 22.9 Å². The van der Waals surface area contributed by atoms with Crippen LogP contribution in [0.4, 0.5) is 11.6 Å². The van der Waals surface area contributed by atoms with Crippen LogP contribution in [0.25, 0.3) is 44.2 Å². The Morgan fingerprint density at radius 2 is 1.05 bits per heavy atom. The first kappa shape index (κ1) is 51.0. The highest BCUT2D eigenvalue weighted by Gasteiger charge is 2.26. The van der Waals surface area contributed by atoms with Crippen molar-refractivity contribution < 1.29 is 18.0 Å². The Morgan fingerprint density at radius 1 is 0.618 bits per heavy atom. The van der Waals surface area contributed by atoms with E-state index in [9.17, 15) is 27.6 Å². The van der Waals surface area contributed by atoms with Crippen LogP contribution in [0.1, 0.15) is 69.2 Å². The molecule has 2 atom stereocenters. The number of benzene rings is 4. The number of amides is 2. The van der Waals surface area contributed by atoms with Crippen LogP contribution in [0.5, 0.6) is 0 Å². The van der Waals surface area contributed by atoms with Gasteiger partial charge in [-0.05, 0) is 85.3 Å². The standard InChI is InChI=1S/C28H25N7O4S.C27H23N7O2/c1-18(32-27(36)24-25(29)33-34-16-8-14-30-26(24)34)22-17-20-10-6-9-19(11-7-15-31-40(2,38)39)23(20)28(37)35(22)21-12-4-3-5-13-21;1-17(31-26(35)23-24(29)32-33-15-7-14-30-25(23)33)21-16-19-9-5-8-18(10-6-13-28)22(19)27(36)34(21)20-11-3-2-4-12-20/h3-6,8-10,12-14,16-18,31H,15H2,1-2H3,(H2,29,33)(H,32,36);2-5,7-9,11-12,14-17H,13,28H2,1H3,(H2,29,32)(H,31,35)/t18-;17-/m00/s1. The van der Waals surface area contributed by atoms with Crippen molar-refractivity contribution >= 4 is 66.3 Å². The molecular formula is C55H48N14O6S. The van der Waals surface area contributed by atoms with Crippen molar-refractivity contribution in [2.45, 2.75) is 25.9 Å². The first-order valence-electron chi connectivity index (χ1n) is 23.5. The van der Waals surface area contributed by atoms with Gasteiger partial charge in [-0.1, -0.05) is 84.3 Å². The predicted octanol–water partition coefficient (Wildman–Crippen LogP) is 4.42. The smallest absolute Gasteiger partial charge is 0.264 e. The summed E-state index contributed by atoms with van der Waals surface area (Å²) in [6.07, 6.45) is 7.48. The number of pyridine rings is 2. The van der Waals surface area contributed by atoms with Crippen molar-refractivity contribution in [1.82, 2.24) is 53.7 Å². The number of rotatable bonds is 10. The van der Waals surface area contributed by atoms with Crippen LogP contribution >= 0.6 is 0 Å². The number of hydrogen-bond acceptors (Lipinski definition) is 13. The molecule has 0 aliphatic heterocycles. The zero-order valence-electron chi connectivity index (χ0n) is 41.1. The summed E-state index contributed by atoms with van der Waals surface area (Å²) in [5.41, 5.74) is 21.5. The van der Waals surface area contributed by atoms with Crippen molar-refractivity contribution in [3.63, 3.8) is 0 Å². The van der Waals surface area contributed by atoms with Crippen LogP contribution in [-0.4, -0.2) is 77.9 Å². The molecule has 0 fully saturated rings. The highest BCUT2D eigenvalue weighted by Crippen LogP contribution is 2.27. The highest BCUT2D eigenvalue weighted by molar-refractivity contribution is 7.88. The zero-order chi connectivity index (χ0) is 53.7. The molecule has 21 heteroatoms. The van der Waals surface area contributed by atoms with Gasteiger partial charge in [0, 0.05) is 58.7 Å². The molecular weight excluding hydrogens is 985 g/mol. The predicted molar refractivity (Wildman–Crippen MR) is 291 cm³/mol. The molecule has 0 saturated heterocycles. The van der Waals surface area contributed by atoms with Gasteiger partial charge in [-0.15, -0.1) is 10.2 Å². The highest BCUT2D eigenvalue weighted by atomic mass is 32.2. The molecule has 0 spiro atoms. The van der Waals surface area contributed by atoms with Gasteiger partial charge in [0.15, 0.2) is 22.9 Å². The molecule has 76 heavy (non-hydrogen) atoms. The molecule has 0 aliphatic carbocycles. The minimum Gasteiger partial charge on any atom is -0.381 e. The first-order chi connectivity index (χ1) is 36.6. The Labute approximate surface area is 434 Å². The summed E-state index contributed by atoms with van der Waals surface area (Å²) in [7, 11) is -3.40. The summed E-state index contributed by atoms with van der Waals surface area (Å²) in [6.45, 7) is 3.68. The monoisotopic (exact) mass is 1030 g/mol. The maximum Gasteiger partial charge on any atom is 0.264 e. The van der Waals surface area contributed by atoms with Crippen molar-refractivity contribution in [2.24, 2.45) is 5.73 Å². The van der Waals surface area contributed by atoms with Gasteiger partial charge < -0.3 is 27.8 Å². The van der Waals surface area contributed by atoms with Gasteiger partial charge in [0.1, 0.15) is 11.1 Å². The lowest BCUT2D eigenvalue weighted by Gasteiger charge is -2.21. The number of fused-ring (bicyclic) bond motifs is 4. The third kappa shape index (κ3) is 10.5. The second-order valence-electron chi connectivity index (χ2n) is 17.2. The number of anilines is 2. The molecule has 2 amide bonds. The van der Waals surface area contributed by atoms with E-state index in [4.69, 9.17) is 17.2 Å². The van der Waals surface area contributed by atoms with E-state index < -0.39 is 33.9 Å². The van der Waals surface area contributed by atoms with Gasteiger partial charge in [-0.3, -0.25) is 28.3 Å². The van der Waals surface area contributed by atoms with E-state index in [0.29, 0.717) is 66.7 Å². The average molecular weight is 1030 g/mol. The van der Waals surface area contributed by atoms with Crippen LogP contribution in [0.2, 0.25) is 0 Å². The molecule has 10 rings (SSSR count). The number of sulfonamides is 1. The number of nitrogens with zero attached hydrogens (tertiary/aromatic N) is 8. The van der Waals surface area contributed by atoms with Gasteiger partial charge in [-0.2, -0.15) is 0 Å². The van der Waals surface area contributed by atoms with E-state index in [1.807, 2.05) is 79.7 Å². The fraction of sp³-hybridized carbons (Fsp3) is 0.127.